The standard InChI is InChI=1S/C18H18ClN5O/c1-25-16-7-5-13(6-8-16)9-10-20-17-12-21-24-18(23-17)22-15-4-2-3-14(19)11-15/h2-8,11-12H,9-10H2,1H3,(H2,20,22,23,24). The van der Waals surface area contributed by atoms with Crippen LogP contribution in [0.3, 0.4) is 0 Å². The molecule has 0 aliphatic carbocycles. The zero-order chi connectivity index (χ0) is 17.5. The Morgan fingerprint density at radius 2 is 1.96 bits per heavy atom. The molecule has 0 aliphatic heterocycles. The van der Waals surface area contributed by atoms with Crippen LogP contribution in [-0.2, 0) is 6.42 Å². The molecule has 2 N–H and O–H groups in total. The molecule has 0 radical (unpaired) electrons. The van der Waals surface area contributed by atoms with Gasteiger partial charge in [0.25, 0.3) is 0 Å². The first-order valence-corrected chi connectivity index (χ1v) is 8.20. The van der Waals surface area contributed by atoms with Crippen LogP contribution >= 0.6 is 11.6 Å². The van der Waals surface area contributed by atoms with Gasteiger partial charge in [0.2, 0.25) is 5.95 Å². The van der Waals surface area contributed by atoms with Crippen LogP contribution in [0.4, 0.5) is 17.5 Å². The minimum Gasteiger partial charge on any atom is -0.497 e. The smallest absolute Gasteiger partial charge is 0.249 e. The number of rotatable bonds is 7. The number of halogens is 1. The first-order chi connectivity index (χ1) is 12.2. The number of nitrogens with zero attached hydrogens (tertiary/aromatic N) is 3. The van der Waals surface area contributed by atoms with Gasteiger partial charge in [-0.1, -0.05) is 29.8 Å². The number of hydrogen-bond donors (Lipinski definition) is 2. The maximum absolute atomic E-state index is 5.97. The first kappa shape index (κ1) is 17.0. The van der Waals surface area contributed by atoms with Gasteiger partial charge in [-0.05, 0) is 42.3 Å². The van der Waals surface area contributed by atoms with Gasteiger partial charge in [-0.2, -0.15) is 10.1 Å². The highest BCUT2D eigenvalue weighted by Gasteiger charge is 2.02. The van der Waals surface area contributed by atoms with Crippen LogP contribution < -0.4 is 15.4 Å². The van der Waals surface area contributed by atoms with Crippen LogP contribution in [0.2, 0.25) is 5.02 Å². The topological polar surface area (TPSA) is 72.0 Å². The number of hydrogen-bond acceptors (Lipinski definition) is 6. The van der Waals surface area contributed by atoms with Gasteiger partial charge >= 0.3 is 0 Å². The van der Waals surface area contributed by atoms with Crippen LogP contribution in [0.1, 0.15) is 5.56 Å². The minimum absolute atomic E-state index is 0.414. The lowest BCUT2D eigenvalue weighted by Crippen LogP contribution is -2.08. The molecule has 0 fully saturated rings. The van der Waals surface area contributed by atoms with Gasteiger partial charge in [0.1, 0.15) is 5.75 Å². The van der Waals surface area contributed by atoms with E-state index in [-0.39, 0.29) is 0 Å². The maximum Gasteiger partial charge on any atom is 0.249 e. The Morgan fingerprint density at radius 1 is 1.12 bits per heavy atom. The van der Waals surface area contributed by atoms with E-state index >= 15 is 0 Å². The van der Waals surface area contributed by atoms with Crippen LogP contribution in [0.25, 0.3) is 0 Å². The average molecular weight is 356 g/mol. The first-order valence-electron chi connectivity index (χ1n) is 7.82. The lowest BCUT2D eigenvalue weighted by Gasteiger charge is -2.08. The third-order valence-corrected chi connectivity index (χ3v) is 3.75. The fourth-order valence-electron chi connectivity index (χ4n) is 2.26. The average Bonchev–Trinajstić information content (AvgIpc) is 2.63. The molecule has 0 atom stereocenters. The highest BCUT2D eigenvalue weighted by Crippen LogP contribution is 2.18. The molecule has 128 valence electrons. The summed E-state index contributed by atoms with van der Waals surface area (Å²) in [5, 5.41) is 14.9. The Morgan fingerprint density at radius 3 is 2.72 bits per heavy atom. The van der Waals surface area contributed by atoms with Gasteiger partial charge in [0.15, 0.2) is 5.82 Å². The normalized spacial score (nSPS) is 10.3. The molecule has 2 aromatic carbocycles. The van der Waals surface area contributed by atoms with E-state index in [0.717, 1.165) is 24.4 Å². The molecule has 1 heterocycles. The number of benzene rings is 2. The van der Waals surface area contributed by atoms with Crippen molar-refractivity contribution in [3.8, 4) is 5.75 Å². The van der Waals surface area contributed by atoms with Gasteiger partial charge < -0.3 is 15.4 Å². The van der Waals surface area contributed by atoms with E-state index in [2.05, 4.69) is 25.8 Å². The molecule has 3 rings (SSSR count). The number of ether oxygens (including phenoxy) is 1. The largest absolute Gasteiger partial charge is 0.497 e. The zero-order valence-electron chi connectivity index (χ0n) is 13.7. The minimum atomic E-state index is 0.414. The van der Waals surface area contributed by atoms with Crippen LogP contribution in [0.15, 0.2) is 54.7 Å². The summed E-state index contributed by atoms with van der Waals surface area (Å²) in [4.78, 5) is 4.40. The van der Waals surface area contributed by atoms with Crippen molar-refractivity contribution in [1.82, 2.24) is 15.2 Å². The summed E-state index contributed by atoms with van der Waals surface area (Å²) >= 11 is 5.97. The van der Waals surface area contributed by atoms with Crippen molar-refractivity contribution in [3.63, 3.8) is 0 Å². The molecule has 0 saturated carbocycles. The maximum atomic E-state index is 5.97. The molecule has 0 bridgehead atoms. The fraction of sp³-hybridized carbons (Fsp3) is 0.167. The summed E-state index contributed by atoms with van der Waals surface area (Å²) in [6.07, 6.45) is 2.46. The Kier molecular flexibility index (Phi) is 5.64. The van der Waals surface area contributed by atoms with Crippen molar-refractivity contribution in [2.24, 2.45) is 0 Å². The van der Waals surface area contributed by atoms with E-state index in [1.165, 1.54) is 5.56 Å². The summed E-state index contributed by atoms with van der Waals surface area (Å²) in [6.45, 7) is 0.738. The highest BCUT2D eigenvalue weighted by molar-refractivity contribution is 6.30. The summed E-state index contributed by atoms with van der Waals surface area (Å²) in [5.74, 6) is 1.93. The predicted octanol–water partition coefficient (Wildman–Crippen LogP) is 3.93. The van der Waals surface area contributed by atoms with Crippen molar-refractivity contribution in [2.75, 3.05) is 24.3 Å². The molecule has 0 spiro atoms. The van der Waals surface area contributed by atoms with Crippen molar-refractivity contribution in [2.45, 2.75) is 6.42 Å². The van der Waals surface area contributed by atoms with E-state index < -0.39 is 0 Å². The van der Waals surface area contributed by atoms with Gasteiger partial charge in [-0.25, -0.2) is 0 Å². The lowest BCUT2D eigenvalue weighted by molar-refractivity contribution is 0.414. The zero-order valence-corrected chi connectivity index (χ0v) is 14.5. The van der Waals surface area contributed by atoms with Gasteiger partial charge in [-0.3, -0.25) is 0 Å². The molecule has 0 unspecified atom stereocenters. The predicted molar refractivity (Wildman–Crippen MR) is 99.7 cm³/mol. The van der Waals surface area contributed by atoms with Crippen molar-refractivity contribution in [3.05, 3.63) is 65.3 Å². The highest BCUT2D eigenvalue weighted by atomic mass is 35.5. The van der Waals surface area contributed by atoms with Gasteiger partial charge in [0, 0.05) is 17.3 Å². The Balaban J connectivity index is 1.56. The molecule has 25 heavy (non-hydrogen) atoms. The van der Waals surface area contributed by atoms with Gasteiger partial charge in [-0.15, -0.1) is 5.10 Å². The van der Waals surface area contributed by atoms with E-state index in [4.69, 9.17) is 16.3 Å². The van der Waals surface area contributed by atoms with E-state index in [1.54, 1.807) is 19.4 Å². The second kappa shape index (κ2) is 8.30. The van der Waals surface area contributed by atoms with Gasteiger partial charge in [0.05, 0.1) is 13.3 Å². The molecule has 7 heteroatoms. The summed E-state index contributed by atoms with van der Waals surface area (Å²) < 4.78 is 5.16. The molecule has 0 aliphatic rings. The summed E-state index contributed by atoms with van der Waals surface area (Å²) in [7, 11) is 1.66. The number of nitrogens with one attached hydrogen (secondary N) is 2. The third kappa shape index (κ3) is 5.06. The second-order valence-corrected chi connectivity index (χ2v) is 5.76. The van der Waals surface area contributed by atoms with Crippen molar-refractivity contribution in [1.29, 1.82) is 0 Å². The molecular weight excluding hydrogens is 338 g/mol. The SMILES string of the molecule is COc1ccc(CCNc2cnnc(Nc3cccc(Cl)c3)n2)cc1. The summed E-state index contributed by atoms with van der Waals surface area (Å²) in [6, 6.07) is 15.4. The third-order valence-electron chi connectivity index (χ3n) is 3.52. The Hall–Kier alpha value is -2.86. The molecule has 0 saturated heterocycles. The molecule has 6 nitrogen and oxygen atoms in total. The van der Waals surface area contributed by atoms with Crippen LogP contribution in [-0.4, -0.2) is 28.8 Å². The molecule has 1 aromatic heterocycles. The lowest BCUT2D eigenvalue weighted by atomic mass is 10.1. The number of aromatic nitrogens is 3. The Bertz CT molecular complexity index is 826. The van der Waals surface area contributed by atoms with E-state index in [9.17, 15) is 0 Å². The van der Waals surface area contributed by atoms with E-state index in [1.807, 2.05) is 42.5 Å². The second-order valence-electron chi connectivity index (χ2n) is 5.33. The Labute approximate surface area is 151 Å². The number of anilines is 3. The van der Waals surface area contributed by atoms with Crippen molar-refractivity contribution >= 4 is 29.1 Å². The van der Waals surface area contributed by atoms with E-state index in [0.29, 0.717) is 16.8 Å². The van der Waals surface area contributed by atoms with Crippen LogP contribution in [0, 0.1) is 0 Å². The van der Waals surface area contributed by atoms with Crippen LogP contribution in [0.5, 0.6) is 5.75 Å². The summed E-state index contributed by atoms with van der Waals surface area (Å²) in [5.41, 5.74) is 2.03. The fourth-order valence-corrected chi connectivity index (χ4v) is 2.45. The van der Waals surface area contributed by atoms with Crippen molar-refractivity contribution < 1.29 is 4.74 Å². The molecule has 3 aromatic rings. The quantitative estimate of drug-likeness (QED) is 0.669. The number of methoxy groups -OCH3 is 1. The molecular formula is C18H18ClN5O. The monoisotopic (exact) mass is 355 g/mol. The molecule has 0 amide bonds.